The minimum absolute atomic E-state index is 0.248. The average molecular weight is 494 g/mol. The fourth-order valence-electron chi connectivity index (χ4n) is 4.06. The van der Waals surface area contributed by atoms with Crippen LogP contribution in [0, 0.1) is 5.82 Å². The van der Waals surface area contributed by atoms with Crippen LogP contribution in [0.25, 0.3) is 55.8 Å². The van der Waals surface area contributed by atoms with Gasteiger partial charge in [-0.2, -0.15) is 5.10 Å². The molecule has 1 aromatic carbocycles. The van der Waals surface area contributed by atoms with Crippen molar-refractivity contribution in [3.8, 4) is 33.8 Å². The fraction of sp³-hybridized carbons (Fsp3) is 0.0769. The van der Waals surface area contributed by atoms with Crippen LogP contribution in [0.2, 0.25) is 0 Å². The molecule has 3 N–H and O–H groups in total. The summed E-state index contributed by atoms with van der Waals surface area (Å²) in [5, 5.41) is 10.9. The lowest BCUT2D eigenvalue weighted by atomic mass is 10.1. The number of carbonyl (C=O) groups is 1. The van der Waals surface area contributed by atoms with Crippen LogP contribution in [0.4, 0.5) is 14.9 Å². The van der Waals surface area contributed by atoms with Gasteiger partial charge in [0.2, 0.25) is 0 Å². The molecule has 0 atom stereocenters. The van der Waals surface area contributed by atoms with Gasteiger partial charge in [-0.05, 0) is 29.8 Å². The zero-order chi connectivity index (χ0) is 25.5. The van der Waals surface area contributed by atoms with Crippen LogP contribution in [0.5, 0.6) is 0 Å². The minimum atomic E-state index is -0.330. The molecular weight excluding hydrogens is 473 g/mol. The Morgan fingerprint density at radius 3 is 2.65 bits per heavy atom. The molecule has 0 spiro atoms. The number of pyridine rings is 3. The summed E-state index contributed by atoms with van der Waals surface area (Å²) in [5.74, 6) is 0.218. The smallest absolute Gasteiger partial charge is 0.321 e. The summed E-state index contributed by atoms with van der Waals surface area (Å²) < 4.78 is 13.9. The number of imidazole rings is 1. The first-order valence-corrected chi connectivity index (χ1v) is 11.3. The number of rotatable bonds is 4. The Balaban J connectivity index is 1.41. The van der Waals surface area contributed by atoms with E-state index in [0.29, 0.717) is 45.0 Å². The van der Waals surface area contributed by atoms with E-state index in [1.165, 1.54) is 17.0 Å². The van der Waals surface area contributed by atoms with Gasteiger partial charge in [-0.25, -0.2) is 19.2 Å². The largest absolute Gasteiger partial charge is 0.335 e. The van der Waals surface area contributed by atoms with Gasteiger partial charge >= 0.3 is 6.03 Å². The zero-order valence-electron chi connectivity index (χ0n) is 19.8. The monoisotopic (exact) mass is 493 g/mol. The van der Waals surface area contributed by atoms with Gasteiger partial charge < -0.3 is 15.2 Å². The van der Waals surface area contributed by atoms with Gasteiger partial charge in [0.15, 0.2) is 11.5 Å². The molecular formula is C26H20FN9O. The number of amides is 2. The molecule has 6 rings (SSSR count). The van der Waals surface area contributed by atoms with E-state index in [-0.39, 0.29) is 11.8 Å². The summed E-state index contributed by atoms with van der Waals surface area (Å²) in [6, 6.07) is 9.85. The molecule has 0 aliphatic heterocycles. The summed E-state index contributed by atoms with van der Waals surface area (Å²) in [6.45, 7) is 0. The van der Waals surface area contributed by atoms with Gasteiger partial charge in [0.25, 0.3) is 0 Å². The highest BCUT2D eigenvalue weighted by Gasteiger charge is 2.17. The molecule has 0 saturated heterocycles. The van der Waals surface area contributed by atoms with Crippen LogP contribution in [-0.2, 0) is 0 Å². The quantitative estimate of drug-likeness (QED) is 0.322. The number of aromatic nitrogens is 7. The second-order valence-corrected chi connectivity index (χ2v) is 8.66. The molecule has 0 saturated carbocycles. The molecule has 0 radical (unpaired) electrons. The van der Waals surface area contributed by atoms with Crippen molar-refractivity contribution in [3.05, 3.63) is 73.2 Å². The first kappa shape index (κ1) is 22.3. The third-order valence-corrected chi connectivity index (χ3v) is 5.91. The molecule has 182 valence electrons. The second-order valence-electron chi connectivity index (χ2n) is 8.66. The molecule has 0 aliphatic carbocycles. The van der Waals surface area contributed by atoms with Gasteiger partial charge in [0.1, 0.15) is 11.5 Å². The van der Waals surface area contributed by atoms with Crippen molar-refractivity contribution >= 4 is 33.8 Å². The van der Waals surface area contributed by atoms with Crippen LogP contribution in [0.1, 0.15) is 0 Å². The van der Waals surface area contributed by atoms with Crippen molar-refractivity contribution in [2.45, 2.75) is 0 Å². The molecule has 5 heterocycles. The molecule has 37 heavy (non-hydrogen) atoms. The highest BCUT2D eigenvalue weighted by Crippen LogP contribution is 2.32. The summed E-state index contributed by atoms with van der Waals surface area (Å²) in [7, 11) is 3.33. The maximum atomic E-state index is 13.9. The molecule has 11 heteroatoms. The molecule has 0 bridgehead atoms. The number of aromatic amines is 2. The lowest BCUT2D eigenvalue weighted by Crippen LogP contribution is -2.27. The number of benzene rings is 1. The van der Waals surface area contributed by atoms with Gasteiger partial charge in [0, 0.05) is 49.4 Å². The Morgan fingerprint density at radius 1 is 0.973 bits per heavy atom. The Hall–Kier alpha value is -5.19. The summed E-state index contributed by atoms with van der Waals surface area (Å²) in [4.78, 5) is 34.6. The number of urea groups is 1. The van der Waals surface area contributed by atoms with E-state index in [9.17, 15) is 9.18 Å². The molecule has 0 unspecified atom stereocenters. The molecule has 10 nitrogen and oxygen atoms in total. The number of hydrogen-bond donors (Lipinski definition) is 3. The molecule has 2 amide bonds. The predicted octanol–water partition coefficient (Wildman–Crippen LogP) is 4.86. The molecule has 6 aromatic rings. The van der Waals surface area contributed by atoms with Crippen molar-refractivity contribution in [2.24, 2.45) is 0 Å². The third-order valence-electron chi connectivity index (χ3n) is 5.91. The molecule has 5 aromatic heterocycles. The van der Waals surface area contributed by atoms with E-state index in [1.807, 2.05) is 18.2 Å². The van der Waals surface area contributed by atoms with Gasteiger partial charge in [-0.1, -0.05) is 12.1 Å². The number of anilines is 1. The highest BCUT2D eigenvalue weighted by atomic mass is 19.1. The number of hydrogen-bond acceptors (Lipinski definition) is 6. The first-order valence-electron chi connectivity index (χ1n) is 11.3. The van der Waals surface area contributed by atoms with E-state index < -0.39 is 0 Å². The molecule has 0 aliphatic rings. The molecule has 0 fully saturated rings. The number of fused-ring (bicyclic) bond motifs is 2. The van der Waals surface area contributed by atoms with Crippen LogP contribution in [0.15, 0.2) is 67.4 Å². The van der Waals surface area contributed by atoms with Crippen molar-refractivity contribution in [2.75, 3.05) is 19.4 Å². The van der Waals surface area contributed by atoms with E-state index in [4.69, 9.17) is 4.98 Å². The maximum Gasteiger partial charge on any atom is 0.321 e. The van der Waals surface area contributed by atoms with E-state index in [2.05, 4.69) is 35.5 Å². The van der Waals surface area contributed by atoms with Crippen molar-refractivity contribution in [1.82, 2.24) is 40.0 Å². The van der Waals surface area contributed by atoms with Gasteiger partial charge in [-0.15, -0.1) is 0 Å². The maximum absolute atomic E-state index is 13.9. The summed E-state index contributed by atoms with van der Waals surface area (Å²) >= 11 is 0. The van der Waals surface area contributed by atoms with Crippen LogP contribution in [0.3, 0.4) is 0 Å². The van der Waals surface area contributed by atoms with E-state index >= 15 is 0 Å². The normalized spacial score (nSPS) is 11.2. The zero-order valence-corrected chi connectivity index (χ0v) is 19.8. The van der Waals surface area contributed by atoms with E-state index in [0.717, 1.165) is 16.5 Å². The first-order chi connectivity index (χ1) is 18.0. The third kappa shape index (κ3) is 4.12. The Labute approximate surface area is 209 Å². The number of halogens is 1. The summed E-state index contributed by atoms with van der Waals surface area (Å²) in [6.07, 6.45) is 8.33. The predicted molar refractivity (Wildman–Crippen MR) is 138 cm³/mol. The highest BCUT2D eigenvalue weighted by molar-refractivity contribution is 5.97. The van der Waals surface area contributed by atoms with Crippen LogP contribution < -0.4 is 5.32 Å². The van der Waals surface area contributed by atoms with Gasteiger partial charge in [-0.3, -0.25) is 15.1 Å². The fourth-order valence-corrected chi connectivity index (χ4v) is 4.06. The van der Waals surface area contributed by atoms with Crippen molar-refractivity contribution in [1.29, 1.82) is 0 Å². The lowest BCUT2D eigenvalue weighted by molar-refractivity contribution is 0.230. The number of carbonyl (C=O) groups excluding carboxylic acids is 1. The number of nitrogens with one attached hydrogen (secondary N) is 3. The number of H-pyrrole nitrogens is 2. The Kier molecular flexibility index (Phi) is 5.29. The minimum Gasteiger partial charge on any atom is -0.335 e. The topological polar surface area (TPSA) is 128 Å². The Morgan fingerprint density at radius 2 is 1.81 bits per heavy atom. The van der Waals surface area contributed by atoms with Crippen molar-refractivity contribution < 1.29 is 9.18 Å². The average Bonchev–Trinajstić information content (AvgIpc) is 3.52. The summed E-state index contributed by atoms with van der Waals surface area (Å²) in [5.41, 5.74) is 6.07. The van der Waals surface area contributed by atoms with Crippen LogP contribution in [-0.4, -0.2) is 60.1 Å². The standard InChI is InChI=1S/C26H20FN9O/c1-36(2)26(37)31-18-7-15(9-28-11-18)16-8-19-23(34-35-24(19)30-10-16)25-32-21-13-29-12-20(22(21)33-25)14-4-3-5-17(27)6-14/h3-13H,1-2H3,(H,31,37)(H,32,33)(H,30,34,35). The Bertz CT molecular complexity index is 1790. The second kappa shape index (κ2) is 8.79. The van der Waals surface area contributed by atoms with Gasteiger partial charge in [0.05, 0.1) is 34.5 Å². The lowest BCUT2D eigenvalue weighted by Gasteiger charge is -2.12. The van der Waals surface area contributed by atoms with Crippen LogP contribution >= 0.6 is 0 Å². The number of nitrogens with zero attached hydrogens (tertiary/aromatic N) is 6. The van der Waals surface area contributed by atoms with Crippen molar-refractivity contribution in [3.63, 3.8) is 0 Å². The SMILES string of the molecule is CN(C)C(=O)Nc1cncc(-c2cnc3n[nH]c(-c4nc5c(-c6cccc(F)c6)cncc5[nH]4)c3c2)c1. The van der Waals surface area contributed by atoms with E-state index in [1.54, 1.807) is 51.1 Å².